The van der Waals surface area contributed by atoms with Crippen LogP contribution in [0.15, 0.2) is 54.6 Å². The lowest BCUT2D eigenvalue weighted by Gasteiger charge is -2.30. The summed E-state index contributed by atoms with van der Waals surface area (Å²) in [6.45, 7) is 1.69. The minimum absolute atomic E-state index is 0.168. The van der Waals surface area contributed by atoms with E-state index in [2.05, 4.69) is 5.32 Å². The second-order valence-electron chi connectivity index (χ2n) is 5.62. The van der Waals surface area contributed by atoms with E-state index in [9.17, 15) is 23.3 Å². The second-order valence-corrected chi connectivity index (χ2v) is 7.47. The van der Waals surface area contributed by atoms with Crippen molar-refractivity contribution < 1.29 is 18.1 Å². The van der Waals surface area contributed by atoms with Gasteiger partial charge in [-0.2, -0.15) is 0 Å². The number of carbonyl (C=O) groups excluding carboxylic acids is 1. The summed E-state index contributed by atoms with van der Waals surface area (Å²) in [7, 11) is -3.72. The molecule has 0 spiro atoms. The van der Waals surface area contributed by atoms with Crippen molar-refractivity contribution in [1.82, 2.24) is 0 Å². The topological polar surface area (TPSA) is 110 Å². The molecule has 9 heteroatoms. The Morgan fingerprint density at radius 3 is 2.38 bits per heavy atom. The summed E-state index contributed by atoms with van der Waals surface area (Å²) in [5, 5.41) is 13.4. The molecular formula is C17H19N3O5S. The van der Waals surface area contributed by atoms with Gasteiger partial charge in [-0.25, -0.2) is 8.42 Å². The number of nitrogens with one attached hydrogen (secondary N) is 1. The van der Waals surface area contributed by atoms with Crippen LogP contribution in [0.25, 0.3) is 0 Å². The molecule has 1 atom stereocenters. The van der Waals surface area contributed by atoms with Crippen molar-refractivity contribution in [3.05, 3.63) is 64.7 Å². The van der Waals surface area contributed by atoms with E-state index < -0.39 is 26.9 Å². The van der Waals surface area contributed by atoms with Crippen LogP contribution in [0.2, 0.25) is 0 Å². The van der Waals surface area contributed by atoms with Gasteiger partial charge in [0.15, 0.2) is 0 Å². The van der Waals surface area contributed by atoms with Crippen LogP contribution < -0.4 is 9.62 Å². The fourth-order valence-corrected chi connectivity index (χ4v) is 3.77. The van der Waals surface area contributed by atoms with E-state index in [0.29, 0.717) is 5.69 Å². The van der Waals surface area contributed by atoms with Gasteiger partial charge in [0.1, 0.15) is 6.04 Å². The maximum Gasteiger partial charge on any atom is 0.271 e. The molecule has 26 heavy (non-hydrogen) atoms. The van der Waals surface area contributed by atoms with E-state index in [1.165, 1.54) is 24.3 Å². The van der Waals surface area contributed by atoms with E-state index in [1.807, 2.05) is 0 Å². The number of benzene rings is 2. The normalized spacial score (nSPS) is 12.2. The van der Waals surface area contributed by atoms with Gasteiger partial charge in [-0.1, -0.05) is 31.2 Å². The number of amides is 1. The molecule has 0 bridgehead atoms. The third-order valence-corrected chi connectivity index (χ3v) is 4.84. The van der Waals surface area contributed by atoms with Crippen LogP contribution in [0.5, 0.6) is 0 Å². The summed E-state index contributed by atoms with van der Waals surface area (Å²) >= 11 is 0. The number of para-hydroxylation sites is 1. The number of non-ortho nitro benzene ring substituents is 1. The quantitative estimate of drug-likeness (QED) is 0.589. The lowest BCUT2D eigenvalue weighted by Crippen LogP contribution is -2.46. The molecule has 0 saturated carbocycles. The first-order chi connectivity index (χ1) is 12.2. The molecule has 2 rings (SSSR count). The molecule has 0 heterocycles. The zero-order valence-electron chi connectivity index (χ0n) is 14.3. The summed E-state index contributed by atoms with van der Waals surface area (Å²) in [4.78, 5) is 23.0. The second kappa shape index (κ2) is 7.96. The smallest absolute Gasteiger partial charge is 0.271 e. The SMILES string of the molecule is CCC(C(=O)Nc1cccc([N+](=O)[O-])c1)N(c1ccccc1)S(C)(=O)=O. The van der Waals surface area contributed by atoms with Gasteiger partial charge >= 0.3 is 0 Å². The van der Waals surface area contributed by atoms with Crippen molar-refractivity contribution in [2.45, 2.75) is 19.4 Å². The highest BCUT2D eigenvalue weighted by Gasteiger charge is 2.31. The van der Waals surface area contributed by atoms with Crippen LogP contribution in [0.4, 0.5) is 17.1 Å². The van der Waals surface area contributed by atoms with Crippen LogP contribution in [0.1, 0.15) is 13.3 Å². The Bertz CT molecular complexity index is 900. The van der Waals surface area contributed by atoms with Crippen molar-refractivity contribution in [2.75, 3.05) is 15.9 Å². The molecule has 2 aromatic rings. The Labute approximate surface area is 151 Å². The van der Waals surface area contributed by atoms with Crippen LogP contribution in [0.3, 0.4) is 0 Å². The van der Waals surface area contributed by atoms with Crippen molar-refractivity contribution in [2.24, 2.45) is 0 Å². The van der Waals surface area contributed by atoms with Gasteiger partial charge in [-0.3, -0.25) is 19.2 Å². The molecule has 138 valence electrons. The number of rotatable bonds is 7. The van der Waals surface area contributed by atoms with Crippen molar-refractivity contribution in [3.8, 4) is 0 Å². The Kier molecular flexibility index (Phi) is 5.93. The molecule has 1 amide bonds. The van der Waals surface area contributed by atoms with Crippen molar-refractivity contribution >= 4 is 33.0 Å². The third-order valence-electron chi connectivity index (χ3n) is 3.66. The lowest BCUT2D eigenvalue weighted by atomic mass is 10.1. The number of hydrogen-bond acceptors (Lipinski definition) is 5. The van der Waals surface area contributed by atoms with Gasteiger partial charge in [0.25, 0.3) is 5.69 Å². The maximum atomic E-state index is 12.7. The van der Waals surface area contributed by atoms with Gasteiger partial charge in [0.05, 0.1) is 16.9 Å². The Morgan fingerprint density at radius 1 is 1.19 bits per heavy atom. The number of hydrogen-bond donors (Lipinski definition) is 1. The zero-order chi connectivity index (χ0) is 19.3. The Morgan fingerprint density at radius 2 is 1.85 bits per heavy atom. The maximum absolute atomic E-state index is 12.7. The van der Waals surface area contributed by atoms with Crippen LogP contribution in [0, 0.1) is 10.1 Å². The molecule has 1 unspecified atom stereocenters. The number of nitrogens with zero attached hydrogens (tertiary/aromatic N) is 2. The zero-order valence-corrected chi connectivity index (χ0v) is 15.1. The number of nitro groups is 1. The van der Waals surface area contributed by atoms with Crippen molar-refractivity contribution in [1.29, 1.82) is 0 Å². The number of sulfonamides is 1. The fraction of sp³-hybridized carbons (Fsp3) is 0.235. The van der Waals surface area contributed by atoms with Gasteiger partial charge in [-0.05, 0) is 24.6 Å². The van der Waals surface area contributed by atoms with Crippen LogP contribution >= 0.6 is 0 Å². The number of nitro benzene ring substituents is 1. The first-order valence-corrected chi connectivity index (χ1v) is 9.68. The molecule has 8 nitrogen and oxygen atoms in total. The highest BCUT2D eigenvalue weighted by Crippen LogP contribution is 2.23. The summed E-state index contributed by atoms with van der Waals surface area (Å²) in [5.41, 5.74) is 0.430. The number of carbonyl (C=O) groups is 1. The van der Waals surface area contributed by atoms with Crippen LogP contribution in [-0.2, 0) is 14.8 Å². The molecule has 2 aromatic carbocycles. The monoisotopic (exact) mass is 377 g/mol. The van der Waals surface area contributed by atoms with E-state index in [4.69, 9.17) is 0 Å². The van der Waals surface area contributed by atoms with E-state index in [1.54, 1.807) is 37.3 Å². The first kappa shape index (κ1) is 19.4. The predicted octanol–water partition coefficient (Wildman–Crippen LogP) is 2.78. The molecule has 0 fully saturated rings. The summed E-state index contributed by atoms with van der Waals surface area (Å²) in [6, 6.07) is 12.8. The summed E-state index contributed by atoms with van der Waals surface area (Å²) < 4.78 is 25.6. The highest BCUT2D eigenvalue weighted by molar-refractivity contribution is 7.92. The predicted molar refractivity (Wildman–Crippen MR) is 99.6 cm³/mol. The largest absolute Gasteiger partial charge is 0.324 e. The summed E-state index contributed by atoms with van der Waals surface area (Å²) in [6.07, 6.45) is 1.26. The molecule has 0 saturated heterocycles. The average molecular weight is 377 g/mol. The molecule has 0 radical (unpaired) electrons. The molecular weight excluding hydrogens is 358 g/mol. The minimum Gasteiger partial charge on any atom is -0.324 e. The first-order valence-electron chi connectivity index (χ1n) is 7.83. The lowest BCUT2D eigenvalue weighted by molar-refractivity contribution is -0.384. The molecule has 0 aliphatic carbocycles. The fourth-order valence-electron chi connectivity index (χ4n) is 2.56. The van der Waals surface area contributed by atoms with Gasteiger partial charge in [-0.15, -0.1) is 0 Å². The van der Waals surface area contributed by atoms with Gasteiger partial charge < -0.3 is 5.32 Å². The van der Waals surface area contributed by atoms with E-state index >= 15 is 0 Å². The minimum atomic E-state index is -3.72. The van der Waals surface area contributed by atoms with Gasteiger partial charge in [0, 0.05) is 17.8 Å². The Hall–Kier alpha value is -2.94. The standard InChI is InChI=1S/C17H19N3O5S/c1-3-16(19(26(2,24)25)14-9-5-4-6-10-14)17(21)18-13-8-7-11-15(12-13)20(22)23/h4-12,16H,3H2,1-2H3,(H,18,21). The third kappa shape index (κ3) is 4.57. The van der Waals surface area contributed by atoms with Crippen molar-refractivity contribution in [3.63, 3.8) is 0 Å². The molecule has 0 aliphatic rings. The molecule has 0 aliphatic heterocycles. The Balaban J connectivity index is 2.34. The average Bonchev–Trinajstić information content (AvgIpc) is 2.59. The van der Waals surface area contributed by atoms with E-state index in [-0.39, 0.29) is 17.8 Å². The summed E-state index contributed by atoms with van der Waals surface area (Å²) in [5.74, 6) is -0.567. The van der Waals surface area contributed by atoms with Gasteiger partial charge in [0.2, 0.25) is 15.9 Å². The van der Waals surface area contributed by atoms with E-state index in [0.717, 1.165) is 10.6 Å². The molecule has 1 N–H and O–H groups in total. The van der Waals surface area contributed by atoms with Crippen LogP contribution in [-0.4, -0.2) is 31.5 Å². The number of anilines is 2. The highest BCUT2D eigenvalue weighted by atomic mass is 32.2. The molecule has 0 aromatic heterocycles.